The maximum Gasteiger partial charge on any atom is 0.151 e. The van der Waals surface area contributed by atoms with Crippen LogP contribution in [0.2, 0.25) is 0 Å². The Balaban J connectivity index is 2.07. The summed E-state index contributed by atoms with van der Waals surface area (Å²) in [5.74, 6) is 2.69. The Kier molecular flexibility index (Phi) is 3.52. The van der Waals surface area contributed by atoms with Gasteiger partial charge in [-0.2, -0.15) is 5.10 Å². The lowest BCUT2D eigenvalue weighted by atomic mass is 9.66. The van der Waals surface area contributed by atoms with Gasteiger partial charge in [0.2, 0.25) is 0 Å². The average molecular weight is 236 g/mol. The minimum Gasteiger partial charge on any atom is -0.330 e. The molecule has 4 heteroatoms. The Morgan fingerprint density at radius 3 is 2.59 bits per heavy atom. The quantitative estimate of drug-likeness (QED) is 0.846. The molecule has 0 aliphatic heterocycles. The maximum absolute atomic E-state index is 5.90. The van der Waals surface area contributed by atoms with Crippen molar-refractivity contribution in [1.29, 1.82) is 0 Å². The van der Waals surface area contributed by atoms with Crippen LogP contribution >= 0.6 is 0 Å². The first kappa shape index (κ1) is 12.6. The topological polar surface area (TPSA) is 56.7 Å². The van der Waals surface area contributed by atoms with Crippen molar-refractivity contribution in [3.05, 3.63) is 11.6 Å². The summed E-state index contributed by atoms with van der Waals surface area (Å²) in [6, 6.07) is 0. The fourth-order valence-electron chi connectivity index (χ4n) is 2.55. The lowest BCUT2D eigenvalue weighted by Crippen LogP contribution is -2.39. The predicted octanol–water partition coefficient (Wildman–Crippen LogP) is 1.69. The first-order chi connectivity index (χ1) is 8.04. The van der Waals surface area contributed by atoms with Crippen LogP contribution in [0, 0.1) is 11.3 Å². The number of hydrogen-bond acceptors (Lipinski definition) is 3. The van der Waals surface area contributed by atoms with Crippen molar-refractivity contribution in [2.45, 2.75) is 46.0 Å². The summed E-state index contributed by atoms with van der Waals surface area (Å²) in [6.07, 6.45) is 5.76. The van der Waals surface area contributed by atoms with E-state index in [4.69, 9.17) is 5.73 Å². The second kappa shape index (κ2) is 4.77. The van der Waals surface area contributed by atoms with Gasteiger partial charge in [0, 0.05) is 19.9 Å². The van der Waals surface area contributed by atoms with E-state index in [0.717, 1.165) is 31.0 Å². The number of aromatic nitrogens is 3. The standard InChI is InChI=1S/C13H24N4/c1-10(2)7-11-15-12(17(3)16-11)8-13(9-14)5-4-6-13/h10H,4-9,14H2,1-3H3. The van der Waals surface area contributed by atoms with Gasteiger partial charge in [0.05, 0.1) is 0 Å². The van der Waals surface area contributed by atoms with Crippen molar-refractivity contribution in [3.8, 4) is 0 Å². The molecular weight excluding hydrogens is 212 g/mol. The molecule has 0 unspecified atom stereocenters. The van der Waals surface area contributed by atoms with E-state index in [0.29, 0.717) is 11.3 Å². The van der Waals surface area contributed by atoms with E-state index < -0.39 is 0 Å². The van der Waals surface area contributed by atoms with Crippen LogP contribution in [-0.2, 0) is 19.9 Å². The van der Waals surface area contributed by atoms with Gasteiger partial charge < -0.3 is 5.73 Å². The van der Waals surface area contributed by atoms with Crippen molar-refractivity contribution >= 4 is 0 Å². The van der Waals surface area contributed by atoms with Crippen LogP contribution in [0.1, 0.15) is 44.8 Å². The Hall–Kier alpha value is -0.900. The number of hydrogen-bond donors (Lipinski definition) is 1. The highest BCUT2D eigenvalue weighted by Gasteiger charge is 2.37. The Morgan fingerprint density at radius 2 is 2.12 bits per heavy atom. The van der Waals surface area contributed by atoms with Crippen LogP contribution < -0.4 is 5.73 Å². The van der Waals surface area contributed by atoms with Crippen molar-refractivity contribution in [1.82, 2.24) is 14.8 Å². The van der Waals surface area contributed by atoms with Gasteiger partial charge in [-0.15, -0.1) is 0 Å². The summed E-state index contributed by atoms with van der Waals surface area (Å²) in [4.78, 5) is 4.66. The molecule has 1 fully saturated rings. The molecular formula is C13H24N4. The monoisotopic (exact) mass is 236 g/mol. The molecule has 1 heterocycles. The maximum atomic E-state index is 5.90. The van der Waals surface area contributed by atoms with Crippen LogP contribution in [0.5, 0.6) is 0 Å². The molecule has 1 aromatic heterocycles. The fraction of sp³-hybridized carbons (Fsp3) is 0.846. The second-order valence-corrected chi connectivity index (χ2v) is 5.90. The van der Waals surface area contributed by atoms with Gasteiger partial charge in [-0.1, -0.05) is 20.3 Å². The zero-order valence-corrected chi connectivity index (χ0v) is 11.2. The van der Waals surface area contributed by atoms with Crippen LogP contribution in [-0.4, -0.2) is 21.3 Å². The zero-order valence-electron chi connectivity index (χ0n) is 11.2. The normalized spacial score (nSPS) is 18.4. The molecule has 17 heavy (non-hydrogen) atoms. The molecule has 1 aliphatic carbocycles. The third-order valence-corrected chi connectivity index (χ3v) is 3.87. The number of nitrogens with zero attached hydrogens (tertiary/aromatic N) is 3. The zero-order chi connectivity index (χ0) is 12.5. The van der Waals surface area contributed by atoms with E-state index in [1.54, 1.807) is 0 Å². The minimum absolute atomic E-state index is 0.315. The van der Waals surface area contributed by atoms with E-state index in [2.05, 4.69) is 23.9 Å². The summed E-state index contributed by atoms with van der Waals surface area (Å²) in [7, 11) is 2.00. The van der Waals surface area contributed by atoms with E-state index in [9.17, 15) is 0 Å². The Bertz CT molecular complexity index is 371. The highest BCUT2D eigenvalue weighted by Crippen LogP contribution is 2.42. The molecule has 2 rings (SSSR count). The van der Waals surface area contributed by atoms with Gasteiger partial charge in [-0.3, -0.25) is 4.68 Å². The van der Waals surface area contributed by atoms with Gasteiger partial charge in [0.1, 0.15) is 5.82 Å². The van der Waals surface area contributed by atoms with E-state index in [-0.39, 0.29) is 0 Å². The van der Waals surface area contributed by atoms with E-state index in [1.807, 2.05) is 11.7 Å². The highest BCUT2D eigenvalue weighted by molar-refractivity contribution is 5.01. The first-order valence-electron chi connectivity index (χ1n) is 6.63. The molecule has 0 spiro atoms. The lowest BCUT2D eigenvalue weighted by molar-refractivity contribution is 0.140. The summed E-state index contributed by atoms with van der Waals surface area (Å²) < 4.78 is 1.94. The predicted molar refractivity (Wildman–Crippen MR) is 68.6 cm³/mol. The minimum atomic E-state index is 0.315. The molecule has 0 bridgehead atoms. The largest absolute Gasteiger partial charge is 0.330 e. The summed E-state index contributed by atoms with van der Waals surface area (Å²) in [5, 5.41) is 4.49. The summed E-state index contributed by atoms with van der Waals surface area (Å²) in [6.45, 7) is 5.17. The van der Waals surface area contributed by atoms with Crippen molar-refractivity contribution in [2.75, 3.05) is 6.54 Å². The van der Waals surface area contributed by atoms with Crippen LogP contribution in [0.25, 0.3) is 0 Å². The van der Waals surface area contributed by atoms with Gasteiger partial charge in [-0.25, -0.2) is 4.98 Å². The van der Waals surface area contributed by atoms with Gasteiger partial charge >= 0.3 is 0 Å². The average Bonchev–Trinajstić information content (AvgIpc) is 2.51. The fourth-order valence-corrected chi connectivity index (χ4v) is 2.55. The molecule has 0 amide bonds. The number of nitrogens with two attached hydrogens (primary N) is 1. The summed E-state index contributed by atoms with van der Waals surface area (Å²) in [5.41, 5.74) is 6.21. The molecule has 4 nitrogen and oxygen atoms in total. The number of rotatable bonds is 5. The smallest absolute Gasteiger partial charge is 0.151 e. The molecule has 1 aromatic rings. The summed E-state index contributed by atoms with van der Waals surface area (Å²) >= 11 is 0. The molecule has 96 valence electrons. The molecule has 1 aliphatic rings. The third-order valence-electron chi connectivity index (χ3n) is 3.87. The van der Waals surface area contributed by atoms with Gasteiger partial charge in [-0.05, 0) is 30.7 Å². The van der Waals surface area contributed by atoms with Crippen LogP contribution in [0.15, 0.2) is 0 Å². The molecule has 0 atom stereocenters. The first-order valence-corrected chi connectivity index (χ1v) is 6.63. The van der Waals surface area contributed by atoms with Crippen molar-refractivity contribution in [2.24, 2.45) is 24.1 Å². The van der Waals surface area contributed by atoms with Gasteiger partial charge in [0.15, 0.2) is 5.82 Å². The SMILES string of the molecule is CC(C)Cc1nc(CC2(CN)CCC2)n(C)n1. The molecule has 2 N–H and O–H groups in total. The van der Waals surface area contributed by atoms with Crippen LogP contribution in [0.3, 0.4) is 0 Å². The van der Waals surface area contributed by atoms with E-state index in [1.165, 1.54) is 19.3 Å². The Labute approximate surface area is 104 Å². The molecule has 0 saturated heterocycles. The van der Waals surface area contributed by atoms with Crippen molar-refractivity contribution < 1.29 is 0 Å². The van der Waals surface area contributed by atoms with Crippen molar-refractivity contribution in [3.63, 3.8) is 0 Å². The van der Waals surface area contributed by atoms with E-state index >= 15 is 0 Å². The Morgan fingerprint density at radius 1 is 1.41 bits per heavy atom. The lowest BCUT2D eigenvalue weighted by Gasteiger charge is -2.40. The number of aryl methyl sites for hydroxylation is 1. The highest BCUT2D eigenvalue weighted by atomic mass is 15.3. The molecule has 0 aromatic carbocycles. The third kappa shape index (κ3) is 2.68. The molecule has 1 saturated carbocycles. The second-order valence-electron chi connectivity index (χ2n) is 5.90. The molecule has 0 radical (unpaired) electrons. The van der Waals surface area contributed by atoms with Crippen LogP contribution in [0.4, 0.5) is 0 Å². The van der Waals surface area contributed by atoms with Gasteiger partial charge in [0.25, 0.3) is 0 Å².